The average Bonchev–Trinajstić information content (AvgIpc) is 2.67. The smallest absolute Gasteiger partial charge is 0.264 e. The number of aryl methyl sites for hydroxylation is 1. The lowest BCUT2D eigenvalue weighted by molar-refractivity contribution is 0.0939. The van der Waals surface area contributed by atoms with Gasteiger partial charge in [-0.1, -0.05) is 25.1 Å². The Labute approximate surface area is 155 Å². The van der Waals surface area contributed by atoms with Gasteiger partial charge in [0.25, 0.3) is 15.9 Å². The first-order valence-corrected chi connectivity index (χ1v) is 10.4. The van der Waals surface area contributed by atoms with Gasteiger partial charge >= 0.3 is 0 Å². The van der Waals surface area contributed by atoms with Crippen LogP contribution in [-0.4, -0.2) is 26.9 Å². The highest BCUT2D eigenvalue weighted by Crippen LogP contribution is 2.32. The molecule has 1 N–H and O–H groups in total. The van der Waals surface area contributed by atoms with E-state index < -0.39 is 10.0 Å². The third-order valence-corrected chi connectivity index (χ3v) is 6.57. The summed E-state index contributed by atoms with van der Waals surface area (Å²) in [6.45, 7) is 4.43. The zero-order valence-electron chi connectivity index (χ0n) is 15.1. The molecular formula is C20H24N2O3S. The maximum absolute atomic E-state index is 13.0. The second kappa shape index (κ2) is 7.50. The number of carbonyl (C=O) groups is 1. The van der Waals surface area contributed by atoms with Crippen molar-refractivity contribution < 1.29 is 13.2 Å². The van der Waals surface area contributed by atoms with E-state index in [1.54, 1.807) is 42.5 Å². The molecule has 0 unspecified atom stereocenters. The molecule has 1 aliphatic rings. The summed E-state index contributed by atoms with van der Waals surface area (Å²) in [7, 11) is -3.60. The maximum atomic E-state index is 13.0. The lowest BCUT2D eigenvalue weighted by atomic mass is 10.0. The Morgan fingerprint density at radius 2 is 1.92 bits per heavy atom. The molecule has 1 atom stereocenters. The van der Waals surface area contributed by atoms with Crippen molar-refractivity contribution in [3.63, 3.8) is 0 Å². The van der Waals surface area contributed by atoms with Crippen LogP contribution < -0.4 is 9.62 Å². The lowest BCUT2D eigenvalue weighted by Crippen LogP contribution is -2.36. The molecule has 0 aliphatic carbocycles. The lowest BCUT2D eigenvalue weighted by Gasteiger charge is -2.30. The van der Waals surface area contributed by atoms with Crippen LogP contribution in [0.4, 0.5) is 5.69 Å². The maximum Gasteiger partial charge on any atom is 0.264 e. The van der Waals surface area contributed by atoms with Gasteiger partial charge in [-0.15, -0.1) is 0 Å². The first kappa shape index (κ1) is 18.5. The fourth-order valence-corrected chi connectivity index (χ4v) is 4.64. The molecule has 1 aliphatic heterocycles. The Hall–Kier alpha value is -2.34. The van der Waals surface area contributed by atoms with Crippen LogP contribution in [0.2, 0.25) is 0 Å². The third-order valence-electron chi connectivity index (χ3n) is 4.74. The summed E-state index contributed by atoms with van der Waals surface area (Å²) in [5.74, 6) is -0.120. The van der Waals surface area contributed by atoms with Crippen molar-refractivity contribution >= 4 is 21.6 Å². The SMILES string of the molecule is CC[C@@H](C)NC(=O)c1ccc2c(c1)CCCN2S(=O)(=O)c1ccccc1. The number of fused-ring (bicyclic) bond motifs is 1. The zero-order valence-corrected chi connectivity index (χ0v) is 15.9. The number of anilines is 1. The Morgan fingerprint density at radius 3 is 2.62 bits per heavy atom. The fraction of sp³-hybridized carbons (Fsp3) is 0.350. The second-order valence-electron chi connectivity index (χ2n) is 6.62. The first-order valence-electron chi connectivity index (χ1n) is 8.95. The molecule has 2 aromatic carbocycles. The monoisotopic (exact) mass is 372 g/mol. The highest BCUT2D eigenvalue weighted by atomic mass is 32.2. The van der Waals surface area contributed by atoms with E-state index >= 15 is 0 Å². The van der Waals surface area contributed by atoms with E-state index in [1.165, 1.54) is 4.31 Å². The molecule has 0 saturated heterocycles. The van der Waals surface area contributed by atoms with Crippen molar-refractivity contribution in [2.24, 2.45) is 0 Å². The van der Waals surface area contributed by atoms with Crippen molar-refractivity contribution in [1.29, 1.82) is 0 Å². The number of amides is 1. The highest BCUT2D eigenvalue weighted by Gasteiger charge is 2.29. The Morgan fingerprint density at radius 1 is 1.19 bits per heavy atom. The van der Waals surface area contributed by atoms with E-state index in [2.05, 4.69) is 5.32 Å². The van der Waals surface area contributed by atoms with Gasteiger partial charge in [-0.3, -0.25) is 9.10 Å². The number of benzene rings is 2. The molecule has 0 aromatic heterocycles. The number of nitrogens with zero attached hydrogens (tertiary/aromatic N) is 1. The molecular weight excluding hydrogens is 348 g/mol. The molecule has 6 heteroatoms. The van der Waals surface area contributed by atoms with E-state index in [0.29, 0.717) is 17.8 Å². The molecule has 0 fully saturated rings. The van der Waals surface area contributed by atoms with Gasteiger partial charge in [0, 0.05) is 18.2 Å². The average molecular weight is 372 g/mol. The fourth-order valence-electron chi connectivity index (χ4n) is 3.08. The molecule has 5 nitrogen and oxygen atoms in total. The molecule has 138 valence electrons. The molecule has 2 aromatic rings. The van der Waals surface area contributed by atoms with Gasteiger partial charge in [-0.2, -0.15) is 0 Å². The van der Waals surface area contributed by atoms with Crippen LogP contribution >= 0.6 is 0 Å². The van der Waals surface area contributed by atoms with E-state index in [4.69, 9.17) is 0 Å². The quantitative estimate of drug-likeness (QED) is 0.875. The van der Waals surface area contributed by atoms with Gasteiger partial charge in [-0.05, 0) is 62.1 Å². The second-order valence-corrected chi connectivity index (χ2v) is 8.48. The minimum atomic E-state index is -3.60. The summed E-state index contributed by atoms with van der Waals surface area (Å²) in [4.78, 5) is 12.6. The van der Waals surface area contributed by atoms with Gasteiger partial charge < -0.3 is 5.32 Å². The minimum absolute atomic E-state index is 0.105. The molecule has 0 saturated carbocycles. The minimum Gasteiger partial charge on any atom is -0.350 e. The Bertz CT molecular complexity index is 895. The molecule has 3 rings (SSSR count). The number of sulfonamides is 1. The molecule has 1 amide bonds. The summed E-state index contributed by atoms with van der Waals surface area (Å²) in [6.07, 6.45) is 2.36. The standard InChI is InChI=1S/C20H24N2O3S/c1-3-15(2)21-20(23)17-11-12-19-16(14-17)8-7-13-22(19)26(24,25)18-9-5-4-6-10-18/h4-6,9-12,14-15H,3,7-8,13H2,1-2H3,(H,21,23)/t15-/m1/s1. The number of hydrogen-bond donors (Lipinski definition) is 1. The summed E-state index contributed by atoms with van der Waals surface area (Å²) in [5.41, 5.74) is 2.13. The molecule has 26 heavy (non-hydrogen) atoms. The van der Waals surface area contributed by atoms with Crippen LogP contribution in [0.3, 0.4) is 0 Å². The van der Waals surface area contributed by atoms with Crippen LogP contribution in [0.15, 0.2) is 53.4 Å². The van der Waals surface area contributed by atoms with Crippen LogP contribution in [0, 0.1) is 0 Å². The van der Waals surface area contributed by atoms with Crippen molar-refractivity contribution in [3.8, 4) is 0 Å². The summed E-state index contributed by atoms with van der Waals surface area (Å²) in [5, 5.41) is 2.95. The number of hydrogen-bond acceptors (Lipinski definition) is 3. The topological polar surface area (TPSA) is 66.5 Å². The van der Waals surface area contributed by atoms with Gasteiger partial charge in [0.2, 0.25) is 0 Å². The van der Waals surface area contributed by atoms with Crippen LogP contribution in [0.25, 0.3) is 0 Å². The van der Waals surface area contributed by atoms with Gasteiger partial charge in [-0.25, -0.2) is 8.42 Å². The first-order chi connectivity index (χ1) is 12.4. The van der Waals surface area contributed by atoms with E-state index in [9.17, 15) is 13.2 Å². The normalized spacial score (nSPS) is 15.2. The van der Waals surface area contributed by atoms with E-state index in [0.717, 1.165) is 24.8 Å². The predicted octanol–water partition coefficient (Wildman–Crippen LogP) is 3.36. The van der Waals surface area contributed by atoms with E-state index in [1.807, 2.05) is 19.9 Å². The molecule has 0 spiro atoms. The highest BCUT2D eigenvalue weighted by molar-refractivity contribution is 7.92. The largest absolute Gasteiger partial charge is 0.350 e. The van der Waals surface area contributed by atoms with Crippen molar-refractivity contribution in [3.05, 3.63) is 59.7 Å². The number of nitrogens with one attached hydrogen (secondary N) is 1. The van der Waals surface area contributed by atoms with Gasteiger partial charge in [0.15, 0.2) is 0 Å². The van der Waals surface area contributed by atoms with Crippen LogP contribution in [0.1, 0.15) is 42.6 Å². The molecule has 1 heterocycles. The third kappa shape index (κ3) is 3.60. The van der Waals surface area contributed by atoms with Crippen LogP contribution in [0.5, 0.6) is 0 Å². The van der Waals surface area contributed by atoms with Gasteiger partial charge in [0.05, 0.1) is 10.6 Å². The Balaban J connectivity index is 1.93. The predicted molar refractivity (Wildman–Crippen MR) is 103 cm³/mol. The molecule has 0 bridgehead atoms. The van der Waals surface area contributed by atoms with Gasteiger partial charge in [0.1, 0.15) is 0 Å². The number of rotatable bonds is 5. The zero-order chi connectivity index (χ0) is 18.7. The van der Waals surface area contributed by atoms with Crippen molar-refractivity contribution in [1.82, 2.24) is 5.32 Å². The van der Waals surface area contributed by atoms with E-state index in [-0.39, 0.29) is 16.8 Å². The summed E-state index contributed by atoms with van der Waals surface area (Å²) >= 11 is 0. The van der Waals surface area contributed by atoms with Crippen LogP contribution in [-0.2, 0) is 16.4 Å². The van der Waals surface area contributed by atoms with Crippen molar-refractivity contribution in [2.75, 3.05) is 10.8 Å². The van der Waals surface area contributed by atoms with Crippen molar-refractivity contribution in [2.45, 2.75) is 44.0 Å². The number of carbonyl (C=O) groups excluding carboxylic acids is 1. The summed E-state index contributed by atoms with van der Waals surface area (Å²) in [6, 6.07) is 13.8. The molecule has 0 radical (unpaired) electrons. The Kier molecular flexibility index (Phi) is 5.32. The summed E-state index contributed by atoms with van der Waals surface area (Å²) < 4.78 is 27.5.